The molecule has 0 radical (unpaired) electrons. The highest BCUT2D eigenvalue weighted by Gasteiger charge is 2.22. The number of ether oxygens (including phenoxy) is 3. The van der Waals surface area contributed by atoms with Crippen LogP contribution in [0.3, 0.4) is 0 Å². The molecule has 1 aromatic rings. The maximum Gasteiger partial charge on any atom is 0.169 e. The van der Waals surface area contributed by atoms with Crippen LogP contribution in [0, 0.1) is 0 Å². The van der Waals surface area contributed by atoms with Gasteiger partial charge in [0.25, 0.3) is 0 Å². The fraction of sp³-hybridized carbons (Fsp3) is 0.647. The summed E-state index contributed by atoms with van der Waals surface area (Å²) in [4.78, 5) is 2.29. The first-order valence-electron chi connectivity index (χ1n) is 7.58. The molecular formula is C17H27NO3. The zero-order valence-corrected chi connectivity index (χ0v) is 13.6. The Kier molecular flexibility index (Phi) is 6.03. The smallest absolute Gasteiger partial charge is 0.169 e. The lowest BCUT2D eigenvalue weighted by Crippen LogP contribution is -2.35. The number of rotatable bonds is 7. The third kappa shape index (κ3) is 4.19. The third-order valence-corrected chi connectivity index (χ3v) is 4.31. The number of hydrogen-bond acceptors (Lipinski definition) is 4. The summed E-state index contributed by atoms with van der Waals surface area (Å²) in [6.07, 6.45) is 3.49. The first-order chi connectivity index (χ1) is 10.2. The molecule has 1 aromatic carbocycles. The van der Waals surface area contributed by atoms with Crippen LogP contribution in [-0.4, -0.2) is 52.7 Å². The Labute approximate surface area is 128 Å². The van der Waals surface area contributed by atoms with Gasteiger partial charge in [-0.05, 0) is 55.5 Å². The number of benzene rings is 1. The molecule has 118 valence electrons. The first-order valence-corrected chi connectivity index (χ1v) is 7.58. The molecule has 0 fully saturated rings. The second-order valence-corrected chi connectivity index (χ2v) is 5.78. The van der Waals surface area contributed by atoms with Gasteiger partial charge >= 0.3 is 0 Å². The first kappa shape index (κ1) is 16.3. The second-order valence-electron chi connectivity index (χ2n) is 5.78. The van der Waals surface area contributed by atoms with Crippen molar-refractivity contribution >= 4 is 0 Å². The maximum atomic E-state index is 5.33. The van der Waals surface area contributed by atoms with Gasteiger partial charge in [0.05, 0.1) is 7.11 Å². The van der Waals surface area contributed by atoms with Crippen LogP contribution in [0.5, 0.6) is 5.75 Å². The van der Waals surface area contributed by atoms with Crippen LogP contribution in [0.1, 0.15) is 29.9 Å². The Balaban J connectivity index is 2.02. The Bertz CT molecular complexity index is 446. The molecule has 0 amide bonds. The molecule has 0 aromatic heterocycles. The standard InChI is InChI=1S/C17H27NO3/c1-18(12-17(20-3)21-4)11-14-7-5-6-13-10-15(19-2)8-9-16(13)14/h8-10,14,17H,5-7,11-12H2,1-4H3. The fourth-order valence-electron chi connectivity index (χ4n) is 3.16. The van der Waals surface area contributed by atoms with E-state index >= 15 is 0 Å². The van der Waals surface area contributed by atoms with Gasteiger partial charge in [-0.25, -0.2) is 0 Å². The van der Waals surface area contributed by atoms with Crippen molar-refractivity contribution in [3.05, 3.63) is 29.3 Å². The highest BCUT2D eigenvalue weighted by molar-refractivity contribution is 5.39. The molecule has 1 aliphatic rings. The molecule has 1 unspecified atom stereocenters. The van der Waals surface area contributed by atoms with E-state index in [4.69, 9.17) is 14.2 Å². The van der Waals surface area contributed by atoms with Crippen LogP contribution in [-0.2, 0) is 15.9 Å². The van der Waals surface area contributed by atoms with Crippen molar-refractivity contribution < 1.29 is 14.2 Å². The SMILES string of the molecule is COc1ccc2c(c1)CCCC2CN(C)CC(OC)OC. The molecule has 0 saturated heterocycles. The van der Waals surface area contributed by atoms with E-state index in [-0.39, 0.29) is 6.29 Å². The summed E-state index contributed by atoms with van der Waals surface area (Å²) in [6.45, 7) is 1.82. The van der Waals surface area contributed by atoms with E-state index in [0.717, 1.165) is 25.3 Å². The van der Waals surface area contributed by atoms with E-state index in [9.17, 15) is 0 Å². The Morgan fingerprint density at radius 1 is 1.24 bits per heavy atom. The number of likely N-dealkylation sites (N-methyl/N-ethyl adjacent to an activating group) is 1. The Morgan fingerprint density at radius 3 is 2.67 bits per heavy atom. The minimum atomic E-state index is -0.158. The molecule has 4 nitrogen and oxygen atoms in total. The minimum Gasteiger partial charge on any atom is -0.497 e. The van der Waals surface area contributed by atoms with E-state index in [1.807, 2.05) is 0 Å². The summed E-state index contributed by atoms with van der Waals surface area (Å²) in [5.74, 6) is 1.54. The van der Waals surface area contributed by atoms with Crippen molar-refractivity contribution in [3.8, 4) is 5.75 Å². The van der Waals surface area contributed by atoms with Gasteiger partial charge in [-0.2, -0.15) is 0 Å². The molecule has 0 bridgehead atoms. The largest absolute Gasteiger partial charge is 0.497 e. The van der Waals surface area contributed by atoms with Gasteiger partial charge in [0, 0.05) is 27.3 Å². The van der Waals surface area contributed by atoms with Crippen LogP contribution < -0.4 is 4.74 Å². The normalized spacial score (nSPS) is 18.1. The van der Waals surface area contributed by atoms with Crippen molar-refractivity contribution in [2.45, 2.75) is 31.5 Å². The summed E-state index contributed by atoms with van der Waals surface area (Å²) in [6, 6.07) is 6.49. The average Bonchev–Trinajstić information content (AvgIpc) is 2.52. The van der Waals surface area contributed by atoms with E-state index in [1.165, 1.54) is 24.0 Å². The number of methoxy groups -OCH3 is 3. The number of aryl methyl sites for hydroxylation is 1. The van der Waals surface area contributed by atoms with Crippen molar-refractivity contribution in [3.63, 3.8) is 0 Å². The van der Waals surface area contributed by atoms with Crippen molar-refractivity contribution in [1.29, 1.82) is 0 Å². The summed E-state index contributed by atoms with van der Waals surface area (Å²) < 4.78 is 15.9. The Hall–Kier alpha value is -1.10. The molecule has 1 aliphatic carbocycles. The van der Waals surface area contributed by atoms with Gasteiger partial charge in [-0.3, -0.25) is 0 Å². The number of hydrogen-bond donors (Lipinski definition) is 0. The zero-order chi connectivity index (χ0) is 15.2. The predicted octanol–water partition coefficient (Wildman–Crippen LogP) is 2.67. The van der Waals surface area contributed by atoms with Gasteiger partial charge in [0.15, 0.2) is 6.29 Å². The lowest BCUT2D eigenvalue weighted by atomic mass is 9.82. The van der Waals surface area contributed by atoms with Gasteiger partial charge in [-0.15, -0.1) is 0 Å². The summed E-state index contributed by atoms with van der Waals surface area (Å²) in [5, 5.41) is 0. The lowest BCUT2D eigenvalue weighted by molar-refractivity contribution is -0.114. The number of fused-ring (bicyclic) bond motifs is 1. The lowest BCUT2D eigenvalue weighted by Gasteiger charge is -2.30. The highest BCUT2D eigenvalue weighted by atomic mass is 16.7. The summed E-state index contributed by atoms with van der Waals surface area (Å²) in [7, 11) is 7.22. The maximum absolute atomic E-state index is 5.33. The van der Waals surface area contributed by atoms with Gasteiger partial charge < -0.3 is 19.1 Å². The van der Waals surface area contributed by atoms with Crippen LogP contribution in [0.25, 0.3) is 0 Å². The second kappa shape index (κ2) is 7.78. The quantitative estimate of drug-likeness (QED) is 0.723. The van der Waals surface area contributed by atoms with E-state index in [2.05, 4.69) is 30.1 Å². The van der Waals surface area contributed by atoms with E-state index < -0.39 is 0 Å². The van der Waals surface area contributed by atoms with Crippen LogP contribution in [0.2, 0.25) is 0 Å². The molecule has 0 aliphatic heterocycles. The van der Waals surface area contributed by atoms with Gasteiger partial charge in [0.1, 0.15) is 5.75 Å². The molecule has 21 heavy (non-hydrogen) atoms. The van der Waals surface area contributed by atoms with Crippen LogP contribution in [0.15, 0.2) is 18.2 Å². The van der Waals surface area contributed by atoms with Crippen molar-refractivity contribution in [2.24, 2.45) is 0 Å². The van der Waals surface area contributed by atoms with E-state index in [1.54, 1.807) is 21.3 Å². The highest BCUT2D eigenvalue weighted by Crippen LogP contribution is 2.34. The summed E-state index contributed by atoms with van der Waals surface area (Å²) >= 11 is 0. The average molecular weight is 293 g/mol. The minimum absolute atomic E-state index is 0.158. The molecule has 1 atom stereocenters. The molecule has 4 heteroatoms. The monoisotopic (exact) mass is 293 g/mol. The molecule has 0 N–H and O–H groups in total. The van der Waals surface area contributed by atoms with E-state index in [0.29, 0.717) is 5.92 Å². The molecule has 0 heterocycles. The Morgan fingerprint density at radius 2 is 2.00 bits per heavy atom. The van der Waals surface area contributed by atoms with Crippen molar-refractivity contribution in [2.75, 3.05) is 41.5 Å². The van der Waals surface area contributed by atoms with Gasteiger partial charge in [0.2, 0.25) is 0 Å². The van der Waals surface area contributed by atoms with Crippen LogP contribution >= 0.6 is 0 Å². The molecular weight excluding hydrogens is 266 g/mol. The fourth-order valence-corrected chi connectivity index (χ4v) is 3.16. The predicted molar refractivity (Wildman–Crippen MR) is 84.0 cm³/mol. The molecule has 2 rings (SSSR count). The summed E-state index contributed by atoms with van der Waals surface area (Å²) in [5.41, 5.74) is 2.91. The molecule has 0 saturated carbocycles. The van der Waals surface area contributed by atoms with Gasteiger partial charge in [-0.1, -0.05) is 6.07 Å². The molecule has 0 spiro atoms. The zero-order valence-electron chi connectivity index (χ0n) is 13.6. The topological polar surface area (TPSA) is 30.9 Å². The number of nitrogens with zero attached hydrogens (tertiary/aromatic N) is 1. The third-order valence-electron chi connectivity index (χ3n) is 4.31. The van der Waals surface area contributed by atoms with Crippen molar-refractivity contribution in [1.82, 2.24) is 4.90 Å². The van der Waals surface area contributed by atoms with Crippen LogP contribution in [0.4, 0.5) is 0 Å².